The number of fused-ring (bicyclic) bond motifs is 1. The third-order valence-corrected chi connectivity index (χ3v) is 3.01. The van der Waals surface area contributed by atoms with E-state index in [2.05, 4.69) is 0 Å². The van der Waals surface area contributed by atoms with Crippen molar-refractivity contribution in [1.29, 1.82) is 0 Å². The van der Waals surface area contributed by atoms with E-state index in [-0.39, 0.29) is 22.9 Å². The summed E-state index contributed by atoms with van der Waals surface area (Å²) < 4.78 is 0. The van der Waals surface area contributed by atoms with Gasteiger partial charge in [0.25, 0.3) is 0 Å². The van der Waals surface area contributed by atoms with Crippen molar-refractivity contribution >= 4 is 17.3 Å². The van der Waals surface area contributed by atoms with Crippen LogP contribution in [0.25, 0.3) is 0 Å². The highest BCUT2D eigenvalue weighted by molar-refractivity contribution is 6.40. The molecule has 0 amide bonds. The van der Waals surface area contributed by atoms with Crippen LogP contribution in [0.2, 0.25) is 0 Å². The maximum absolute atomic E-state index is 12.2. The fourth-order valence-electron chi connectivity index (χ4n) is 2.14. The van der Waals surface area contributed by atoms with Crippen molar-refractivity contribution in [3.05, 3.63) is 70.8 Å². The second-order valence-electron chi connectivity index (χ2n) is 4.10. The zero-order chi connectivity index (χ0) is 12.7. The highest BCUT2D eigenvalue weighted by atomic mass is 16.2. The molecule has 0 atom stereocenters. The summed E-state index contributed by atoms with van der Waals surface area (Å²) in [6.07, 6.45) is 5.73. The molecule has 2 aliphatic rings. The fraction of sp³-hybridized carbons (Fsp3) is 0. The molecular formula is C15H8O3. The second kappa shape index (κ2) is 3.74. The Labute approximate surface area is 103 Å². The lowest BCUT2D eigenvalue weighted by Crippen LogP contribution is -2.05. The molecule has 0 aliphatic heterocycles. The standard InChI is InChI=1S/C15H8O3/c16-10-7-5-9(6-8-10)13-14(17)11-3-1-2-4-12(11)15(13)18/h1-8H. The van der Waals surface area contributed by atoms with Crippen LogP contribution in [0.3, 0.4) is 0 Å². The lowest BCUT2D eigenvalue weighted by Gasteiger charge is -2.02. The van der Waals surface area contributed by atoms with Crippen LogP contribution < -0.4 is 0 Å². The largest absolute Gasteiger partial charge is 0.290 e. The van der Waals surface area contributed by atoms with Crippen molar-refractivity contribution < 1.29 is 14.4 Å². The number of hydrogen-bond acceptors (Lipinski definition) is 3. The fourth-order valence-corrected chi connectivity index (χ4v) is 2.14. The minimum atomic E-state index is -0.269. The van der Waals surface area contributed by atoms with Gasteiger partial charge in [-0.15, -0.1) is 0 Å². The van der Waals surface area contributed by atoms with Crippen LogP contribution in [-0.4, -0.2) is 17.3 Å². The molecule has 0 fully saturated rings. The summed E-state index contributed by atoms with van der Waals surface area (Å²) in [6.45, 7) is 0. The highest BCUT2D eigenvalue weighted by Crippen LogP contribution is 2.29. The Bertz CT molecular complexity index is 632. The molecule has 3 rings (SSSR count). The molecule has 0 bridgehead atoms. The Balaban J connectivity index is 2.19. The zero-order valence-electron chi connectivity index (χ0n) is 9.34. The molecule has 0 radical (unpaired) electrons. The molecule has 0 saturated heterocycles. The summed E-state index contributed by atoms with van der Waals surface area (Å²) in [5.74, 6) is -0.682. The van der Waals surface area contributed by atoms with E-state index in [0.29, 0.717) is 16.7 Å². The molecule has 1 aromatic carbocycles. The van der Waals surface area contributed by atoms with Gasteiger partial charge < -0.3 is 0 Å². The van der Waals surface area contributed by atoms with Gasteiger partial charge in [-0.1, -0.05) is 36.4 Å². The van der Waals surface area contributed by atoms with Crippen molar-refractivity contribution in [2.45, 2.75) is 0 Å². The van der Waals surface area contributed by atoms with Crippen LogP contribution in [-0.2, 0) is 4.79 Å². The number of carbonyl (C=O) groups excluding carboxylic acids is 3. The van der Waals surface area contributed by atoms with E-state index in [1.807, 2.05) is 0 Å². The number of carbonyl (C=O) groups is 3. The molecule has 3 nitrogen and oxygen atoms in total. The van der Waals surface area contributed by atoms with Crippen LogP contribution in [0.5, 0.6) is 0 Å². The smallest absolute Gasteiger partial charge is 0.198 e. The summed E-state index contributed by atoms with van der Waals surface area (Å²) >= 11 is 0. The number of Topliss-reactive ketones (excluding diaryl/α,β-unsaturated/α-hetero) is 2. The van der Waals surface area contributed by atoms with Gasteiger partial charge in [0.1, 0.15) is 0 Å². The van der Waals surface area contributed by atoms with Gasteiger partial charge in [0.2, 0.25) is 0 Å². The third kappa shape index (κ3) is 1.41. The van der Waals surface area contributed by atoms with Crippen molar-refractivity contribution in [2.24, 2.45) is 0 Å². The van der Waals surface area contributed by atoms with Gasteiger partial charge in [-0.3, -0.25) is 14.4 Å². The van der Waals surface area contributed by atoms with E-state index in [4.69, 9.17) is 0 Å². The van der Waals surface area contributed by atoms with Crippen LogP contribution >= 0.6 is 0 Å². The average Bonchev–Trinajstić information content (AvgIpc) is 2.64. The lowest BCUT2D eigenvalue weighted by molar-refractivity contribution is -0.110. The molecule has 86 valence electrons. The van der Waals surface area contributed by atoms with Crippen molar-refractivity contribution in [3.8, 4) is 0 Å². The first-order chi connectivity index (χ1) is 8.68. The molecule has 1 aromatic rings. The highest BCUT2D eigenvalue weighted by Gasteiger charge is 2.34. The summed E-state index contributed by atoms with van der Waals surface area (Å²) in [5, 5.41) is 0. The van der Waals surface area contributed by atoms with Gasteiger partial charge >= 0.3 is 0 Å². The Morgan fingerprint density at radius 1 is 0.667 bits per heavy atom. The Kier molecular flexibility index (Phi) is 2.20. The Morgan fingerprint density at radius 2 is 1.17 bits per heavy atom. The molecule has 0 aromatic heterocycles. The lowest BCUT2D eigenvalue weighted by atomic mass is 9.99. The van der Waals surface area contributed by atoms with Gasteiger partial charge in [-0.25, -0.2) is 0 Å². The van der Waals surface area contributed by atoms with Gasteiger partial charge in [-0.05, 0) is 17.7 Å². The van der Waals surface area contributed by atoms with E-state index < -0.39 is 0 Å². The summed E-state index contributed by atoms with van der Waals surface area (Å²) in [6, 6.07) is 6.75. The quantitative estimate of drug-likeness (QED) is 0.511. The third-order valence-electron chi connectivity index (χ3n) is 3.01. The normalized spacial score (nSPS) is 17.7. The minimum Gasteiger partial charge on any atom is -0.290 e. The maximum Gasteiger partial charge on any atom is 0.198 e. The number of allylic oxidation sites excluding steroid dienone is 6. The van der Waals surface area contributed by atoms with E-state index in [0.717, 1.165) is 0 Å². The molecule has 0 unspecified atom stereocenters. The SMILES string of the molecule is O=C1C=CC(=C2C(=O)c3ccccc3C2=O)C=C1. The van der Waals surface area contributed by atoms with Crippen LogP contribution in [0.1, 0.15) is 20.7 Å². The van der Waals surface area contributed by atoms with E-state index >= 15 is 0 Å². The van der Waals surface area contributed by atoms with Gasteiger partial charge in [0.05, 0.1) is 5.57 Å². The van der Waals surface area contributed by atoms with Crippen molar-refractivity contribution in [1.82, 2.24) is 0 Å². The number of ketones is 3. The Morgan fingerprint density at radius 3 is 1.67 bits per heavy atom. The predicted octanol–water partition coefficient (Wildman–Crippen LogP) is 2.06. The predicted molar refractivity (Wildman–Crippen MR) is 65.4 cm³/mol. The van der Waals surface area contributed by atoms with Gasteiger partial charge in [-0.2, -0.15) is 0 Å². The van der Waals surface area contributed by atoms with Crippen LogP contribution in [0, 0.1) is 0 Å². The monoisotopic (exact) mass is 236 g/mol. The van der Waals surface area contributed by atoms with Crippen LogP contribution in [0.4, 0.5) is 0 Å². The van der Waals surface area contributed by atoms with E-state index in [9.17, 15) is 14.4 Å². The number of benzene rings is 1. The topological polar surface area (TPSA) is 51.2 Å². The first-order valence-electron chi connectivity index (χ1n) is 5.51. The van der Waals surface area contributed by atoms with Gasteiger partial charge in [0, 0.05) is 11.1 Å². The number of hydrogen-bond donors (Lipinski definition) is 0. The van der Waals surface area contributed by atoms with Crippen molar-refractivity contribution in [3.63, 3.8) is 0 Å². The zero-order valence-corrected chi connectivity index (χ0v) is 9.34. The van der Waals surface area contributed by atoms with Crippen LogP contribution in [0.15, 0.2) is 59.7 Å². The molecular weight excluding hydrogens is 228 g/mol. The summed E-state index contributed by atoms with van der Waals surface area (Å²) in [4.78, 5) is 35.4. The average molecular weight is 236 g/mol. The minimum absolute atomic E-state index is 0.144. The molecule has 3 heteroatoms. The molecule has 0 N–H and O–H groups in total. The molecule has 2 aliphatic carbocycles. The first kappa shape index (κ1) is 10.6. The molecule has 0 spiro atoms. The molecule has 18 heavy (non-hydrogen) atoms. The first-order valence-corrected chi connectivity index (χ1v) is 5.51. The van der Waals surface area contributed by atoms with E-state index in [1.165, 1.54) is 24.3 Å². The molecule has 0 heterocycles. The number of rotatable bonds is 0. The Hall–Kier alpha value is -2.55. The maximum atomic E-state index is 12.2. The van der Waals surface area contributed by atoms with E-state index in [1.54, 1.807) is 24.3 Å². The summed E-state index contributed by atoms with van der Waals surface area (Å²) in [7, 11) is 0. The second-order valence-corrected chi connectivity index (χ2v) is 4.10. The van der Waals surface area contributed by atoms with Gasteiger partial charge in [0.15, 0.2) is 17.3 Å². The van der Waals surface area contributed by atoms with Crippen molar-refractivity contribution in [2.75, 3.05) is 0 Å². The summed E-state index contributed by atoms with van der Waals surface area (Å²) in [5.41, 5.74) is 1.52. The molecule has 0 saturated carbocycles.